The Morgan fingerprint density at radius 1 is 1.08 bits per heavy atom. The van der Waals surface area contributed by atoms with E-state index in [0.29, 0.717) is 18.0 Å². The van der Waals surface area contributed by atoms with Gasteiger partial charge in [-0.25, -0.2) is 0 Å². The van der Waals surface area contributed by atoms with Gasteiger partial charge in [-0.05, 0) is 49.8 Å². The highest BCUT2D eigenvalue weighted by Crippen LogP contribution is 2.55. The molecule has 1 spiro atoms. The molecule has 194 valence electrons. The number of benzene rings is 1. The Kier molecular flexibility index (Phi) is 6.70. The van der Waals surface area contributed by atoms with E-state index in [2.05, 4.69) is 24.5 Å². The first-order chi connectivity index (χ1) is 17.3. The zero-order valence-electron chi connectivity index (χ0n) is 21.8. The summed E-state index contributed by atoms with van der Waals surface area (Å²) >= 11 is 0. The number of ether oxygens (including phenoxy) is 1. The first-order valence-electron chi connectivity index (χ1n) is 13.7. The molecule has 3 heterocycles. The second kappa shape index (κ2) is 9.66. The Bertz CT molecular complexity index is 1050. The number of rotatable bonds is 7. The van der Waals surface area contributed by atoms with Crippen LogP contribution in [0.1, 0.15) is 77.7 Å². The molecule has 0 aromatic heterocycles. The van der Waals surface area contributed by atoms with E-state index in [1.807, 2.05) is 50.3 Å². The first-order valence-corrected chi connectivity index (χ1v) is 13.7. The van der Waals surface area contributed by atoms with E-state index >= 15 is 0 Å². The Hall–Kier alpha value is -2.67. The predicted molar refractivity (Wildman–Crippen MR) is 138 cm³/mol. The fraction of sp³-hybridized carbons (Fsp3) is 0.621. The molecule has 2 N–H and O–H groups in total. The first kappa shape index (κ1) is 25.0. The number of likely N-dealkylation sites (tertiary alicyclic amines) is 1. The largest absolute Gasteiger partial charge is 0.359 e. The summed E-state index contributed by atoms with van der Waals surface area (Å²) in [4.78, 5) is 42.9. The lowest BCUT2D eigenvalue weighted by molar-refractivity contribution is -0.143. The Morgan fingerprint density at radius 3 is 2.42 bits per heavy atom. The molecule has 0 radical (unpaired) electrons. The van der Waals surface area contributed by atoms with Gasteiger partial charge in [-0.1, -0.05) is 64.3 Å². The van der Waals surface area contributed by atoms with Crippen molar-refractivity contribution in [3.63, 3.8) is 0 Å². The number of hydrogen-bond acceptors (Lipinski definition) is 4. The average Bonchev–Trinajstić information content (AvgIpc) is 3.51. The van der Waals surface area contributed by atoms with Crippen molar-refractivity contribution >= 4 is 23.4 Å². The normalized spacial score (nSPS) is 32.1. The molecule has 3 amide bonds. The van der Waals surface area contributed by atoms with Crippen molar-refractivity contribution < 1.29 is 19.1 Å². The van der Waals surface area contributed by atoms with Crippen molar-refractivity contribution in [3.8, 4) is 0 Å². The molecule has 5 rings (SSSR count). The van der Waals surface area contributed by atoms with Gasteiger partial charge >= 0.3 is 0 Å². The lowest BCUT2D eigenvalue weighted by Crippen LogP contribution is -2.58. The number of anilines is 1. The minimum absolute atomic E-state index is 0.131. The number of fused-ring (bicyclic) bond motifs is 1. The minimum atomic E-state index is -1.10. The van der Waals surface area contributed by atoms with Crippen LogP contribution in [0.5, 0.6) is 0 Å². The summed E-state index contributed by atoms with van der Waals surface area (Å²) in [7, 11) is 0. The van der Waals surface area contributed by atoms with E-state index in [-0.39, 0.29) is 29.8 Å². The van der Waals surface area contributed by atoms with Gasteiger partial charge in [0.1, 0.15) is 11.6 Å². The zero-order chi connectivity index (χ0) is 25.6. The molecule has 1 aromatic rings. The van der Waals surface area contributed by atoms with Crippen molar-refractivity contribution in [1.29, 1.82) is 0 Å². The van der Waals surface area contributed by atoms with Gasteiger partial charge in [-0.15, -0.1) is 0 Å². The Morgan fingerprint density at radius 2 is 1.78 bits per heavy atom. The van der Waals surface area contributed by atoms with Gasteiger partial charge < -0.3 is 20.3 Å². The van der Waals surface area contributed by atoms with E-state index in [1.165, 1.54) is 12.0 Å². The molecule has 4 aliphatic rings. The van der Waals surface area contributed by atoms with Gasteiger partial charge in [0.05, 0.1) is 17.9 Å². The van der Waals surface area contributed by atoms with Crippen LogP contribution in [0.4, 0.5) is 5.69 Å². The van der Waals surface area contributed by atoms with Gasteiger partial charge in [0.2, 0.25) is 17.7 Å². The number of nitrogens with one attached hydrogen (secondary N) is 2. The lowest BCUT2D eigenvalue weighted by Gasteiger charge is -2.36. The van der Waals surface area contributed by atoms with Crippen molar-refractivity contribution in [2.45, 2.75) is 102 Å². The van der Waals surface area contributed by atoms with Gasteiger partial charge in [0.25, 0.3) is 0 Å². The molecule has 1 aliphatic carbocycles. The van der Waals surface area contributed by atoms with Gasteiger partial charge in [-0.2, -0.15) is 0 Å². The van der Waals surface area contributed by atoms with Crippen molar-refractivity contribution in [2.24, 2.45) is 11.8 Å². The molecule has 2 bridgehead atoms. The maximum Gasteiger partial charge on any atom is 0.246 e. The molecule has 36 heavy (non-hydrogen) atoms. The van der Waals surface area contributed by atoms with Crippen molar-refractivity contribution in [1.82, 2.24) is 10.2 Å². The summed E-state index contributed by atoms with van der Waals surface area (Å²) in [6.45, 7) is 8.24. The van der Waals surface area contributed by atoms with Gasteiger partial charge in [-0.3, -0.25) is 14.4 Å². The number of carbonyl (C=O) groups is 3. The molecule has 3 aliphatic heterocycles. The average molecular weight is 494 g/mol. The van der Waals surface area contributed by atoms with Crippen molar-refractivity contribution in [3.05, 3.63) is 42.0 Å². The summed E-state index contributed by atoms with van der Waals surface area (Å²) < 4.78 is 6.43. The van der Waals surface area contributed by atoms with Crippen LogP contribution in [-0.2, 0) is 19.1 Å². The summed E-state index contributed by atoms with van der Waals surface area (Å²) in [5.41, 5.74) is 0.786. The second-order valence-electron chi connectivity index (χ2n) is 11.3. The van der Waals surface area contributed by atoms with E-state index in [1.54, 1.807) is 4.90 Å². The number of carbonyl (C=O) groups excluding carboxylic acids is 3. The molecule has 3 fully saturated rings. The van der Waals surface area contributed by atoms with Gasteiger partial charge in [0.15, 0.2) is 0 Å². The SMILES string of the molecule is CC[C@H](C)N1C(=O)[C@H]2[C@H](C(=O)Nc3ccc(C(C)C)cc3)[C@H]3C=C[C@@]2(O3)[C@@H]1C(=O)NC1CCCCC1. The van der Waals surface area contributed by atoms with E-state index in [9.17, 15) is 14.4 Å². The Balaban J connectivity index is 1.41. The highest BCUT2D eigenvalue weighted by Gasteiger charge is 2.73. The summed E-state index contributed by atoms with van der Waals surface area (Å²) in [6, 6.07) is 7.04. The number of amides is 3. The van der Waals surface area contributed by atoms with Crippen LogP contribution in [-0.4, -0.2) is 52.5 Å². The molecule has 7 nitrogen and oxygen atoms in total. The molecular weight excluding hydrogens is 454 g/mol. The molecular formula is C29H39N3O4. The predicted octanol–water partition coefficient (Wildman–Crippen LogP) is 4.15. The quantitative estimate of drug-likeness (QED) is 0.559. The zero-order valence-corrected chi connectivity index (χ0v) is 21.8. The van der Waals surface area contributed by atoms with Crippen LogP contribution < -0.4 is 10.6 Å². The third-order valence-electron chi connectivity index (χ3n) is 8.73. The van der Waals surface area contributed by atoms with E-state index in [4.69, 9.17) is 4.74 Å². The molecule has 2 saturated heterocycles. The van der Waals surface area contributed by atoms with Crippen LogP contribution >= 0.6 is 0 Å². The third-order valence-corrected chi connectivity index (χ3v) is 8.73. The number of nitrogens with zero attached hydrogens (tertiary/aromatic N) is 1. The van der Waals surface area contributed by atoms with Crippen LogP contribution in [0.25, 0.3) is 0 Å². The topological polar surface area (TPSA) is 87.7 Å². The minimum Gasteiger partial charge on any atom is -0.359 e. The maximum atomic E-state index is 13.9. The summed E-state index contributed by atoms with van der Waals surface area (Å²) in [5.74, 6) is -1.54. The Labute approximate surface area is 214 Å². The van der Waals surface area contributed by atoms with E-state index < -0.39 is 29.6 Å². The highest BCUT2D eigenvalue weighted by molar-refractivity contribution is 6.02. The molecule has 6 atom stereocenters. The van der Waals surface area contributed by atoms with Crippen LogP contribution in [0.15, 0.2) is 36.4 Å². The maximum absolute atomic E-state index is 13.9. The smallest absolute Gasteiger partial charge is 0.246 e. The molecule has 0 unspecified atom stereocenters. The van der Waals surface area contributed by atoms with Crippen molar-refractivity contribution in [2.75, 3.05) is 5.32 Å². The monoisotopic (exact) mass is 493 g/mol. The highest BCUT2D eigenvalue weighted by atomic mass is 16.5. The standard InChI is InChI=1S/C29H39N3O4/c1-5-18(4)32-25(27(34)31-20-9-7-6-8-10-20)29-16-15-22(36-29)23(24(29)28(32)35)26(33)30-21-13-11-19(12-14-21)17(2)3/h11-18,20,22-25H,5-10H2,1-4H3,(H,30,33)(H,31,34)/t18-,22+,23+,24+,25-,29-/m0/s1. The van der Waals surface area contributed by atoms with Crippen LogP contribution in [0.2, 0.25) is 0 Å². The molecule has 1 saturated carbocycles. The fourth-order valence-corrected chi connectivity index (χ4v) is 6.58. The lowest BCUT2D eigenvalue weighted by atomic mass is 9.74. The van der Waals surface area contributed by atoms with Crippen LogP contribution in [0, 0.1) is 11.8 Å². The van der Waals surface area contributed by atoms with E-state index in [0.717, 1.165) is 25.7 Å². The fourth-order valence-electron chi connectivity index (χ4n) is 6.58. The third kappa shape index (κ3) is 4.05. The summed E-state index contributed by atoms with van der Waals surface area (Å²) in [5, 5.41) is 6.24. The summed E-state index contributed by atoms with van der Waals surface area (Å²) in [6.07, 6.45) is 9.30. The number of hydrogen-bond donors (Lipinski definition) is 2. The molecule has 7 heteroatoms. The van der Waals surface area contributed by atoms with Crippen LogP contribution in [0.3, 0.4) is 0 Å². The molecule has 1 aromatic carbocycles. The van der Waals surface area contributed by atoms with Gasteiger partial charge in [0, 0.05) is 17.8 Å². The second-order valence-corrected chi connectivity index (χ2v) is 11.3.